The quantitative estimate of drug-likeness (QED) is 0.777. The molecule has 0 unspecified atom stereocenters. The molecule has 1 aromatic heterocycles. The number of nitrogens with one attached hydrogen (secondary N) is 2. The Kier molecular flexibility index (Phi) is 3.52. The van der Waals surface area contributed by atoms with Crippen molar-refractivity contribution < 1.29 is 0 Å². The van der Waals surface area contributed by atoms with E-state index in [0.29, 0.717) is 23.9 Å². The van der Waals surface area contributed by atoms with Crippen molar-refractivity contribution in [2.75, 3.05) is 0 Å². The lowest BCUT2D eigenvalue weighted by Gasteiger charge is -2.13. The first-order chi connectivity index (χ1) is 11.3. The second-order valence-corrected chi connectivity index (χ2v) is 6.27. The molecule has 0 atom stereocenters. The van der Waals surface area contributed by atoms with Gasteiger partial charge in [-0.3, -0.25) is 14.6 Å². The monoisotopic (exact) mass is 311 g/mol. The largest absolute Gasteiger partial charge is 0.365 e. The van der Waals surface area contributed by atoms with Crippen molar-refractivity contribution in [2.24, 2.45) is 0 Å². The van der Waals surface area contributed by atoms with Crippen LogP contribution in [0.4, 0.5) is 0 Å². The lowest BCUT2D eigenvalue weighted by Crippen LogP contribution is -2.18. The zero-order valence-electron chi connectivity index (χ0n) is 13.3. The van der Waals surface area contributed by atoms with Gasteiger partial charge < -0.3 is 4.98 Å². The number of aromatic amines is 2. The summed E-state index contributed by atoms with van der Waals surface area (Å²) in [5.74, 6) is 1.36. The van der Waals surface area contributed by atoms with E-state index in [2.05, 4.69) is 26.7 Å². The molecule has 0 spiro atoms. The van der Waals surface area contributed by atoms with Gasteiger partial charge >= 0.3 is 0 Å². The van der Waals surface area contributed by atoms with E-state index in [-0.39, 0.29) is 5.56 Å². The summed E-state index contributed by atoms with van der Waals surface area (Å²) in [5, 5.41) is 3.41. The van der Waals surface area contributed by atoms with Crippen molar-refractivity contribution in [3.63, 3.8) is 0 Å². The van der Waals surface area contributed by atoms with Gasteiger partial charge in [-0.15, -0.1) is 0 Å². The number of fused-ring (bicyclic) bond motifs is 1. The van der Waals surface area contributed by atoms with Crippen molar-refractivity contribution in [1.82, 2.24) is 24.7 Å². The van der Waals surface area contributed by atoms with Crippen molar-refractivity contribution >= 4 is 0 Å². The van der Waals surface area contributed by atoms with Gasteiger partial charge in [-0.2, -0.15) is 4.98 Å². The van der Waals surface area contributed by atoms with Crippen LogP contribution in [0.2, 0.25) is 0 Å². The van der Waals surface area contributed by atoms with E-state index in [1.807, 2.05) is 18.3 Å². The molecule has 1 saturated carbocycles. The Bertz CT molecular complexity index is 823. The van der Waals surface area contributed by atoms with Gasteiger partial charge in [0.05, 0.1) is 6.04 Å². The Morgan fingerprint density at radius 1 is 1.30 bits per heavy atom. The summed E-state index contributed by atoms with van der Waals surface area (Å²) in [4.78, 5) is 24.6. The van der Waals surface area contributed by atoms with Crippen LogP contribution >= 0.6 is 0 Å². The summed E-state index contributed by atoms with van der Waals surface area (Å²) in [7, 11) is 0. The van der Waals surface area contributed by atoms with Gasteiger partial charge in [0.25, 0.3) is 5.56 Å². The Morgan fingerprint density at radius 2 is 2.13 bits per heavy atom. The van der Waals surface area contributed by atoms with Crippen LogP contribution in [0.5, 0.6) is 0 Å². The molecule has 23 heavy (non-hydrogen) atoms. The molecular formula is C17H21N5O. The molecule has 120 valence electrons. The smallest absolute Gasteiger partial charge is 0.284 e. The fraction of sp³-hybridized carbons (Fsp3) is 0.471. The van der Waals surface area contributed by atoms with Gasteiger partial charge in [-0.25, -0.2) is 4.98 Å². The highest BCUT2D eigenvalue weighted by molar-refractivity contribution is 5.59. The minimum atomic E-state index is -0.165. The van der Waals surface area contributed by atoms with Crippen molar-refractivity contribution in [3.8, 4) is 11.4 Å². The van der Waals surface area contributed by atoms with Crippen LogP contribution < -0.4 is 5.56 Å². The molecule has 2 N–H and O–H groups in total. The van der Waals surface area contributed by atoms with E-state index in [4.69, 9.17) is 4.98 Å². The molecule has 0 amide bonds. The highest BCUT2D eigenvalue weighted by atomic mass is 16.1. The number of H-pyrrole nitrogens is 2. The van der Waals surface area contributed by atoms with Crippen molar-refractivity contribution in [2.45, 2.75) is 51.5 Å². The summed E-state index contributed by atoms with van der Waals surface area (Å²) in [6.45, 7) is 2.05. The summed E-state index contributed by atoms with van der Waals surface area (Å²) in [5.41, 5.74) is 2.46. The molecule has 6 nitrogen and oxygen atoms in total. The summed E-state index contributed by atoms with van der Waals surface area (Å²) < 4.78 is 2.11. The molecule has 6 heteroatoms. The fourth-order valence-electron chi connectivity index (χ4n) is 3.57. The van der Waals surface area contributed by atoms with Crippen LogP contribution in [0.15, 0.2) is 23.1 Å². The van der Waals surface area contributed by atoms with Crippen LogP contribution in [0.1, 0.15) is 55.9 Å². The molecule has 0 bridgehead atoms. The maximum atomic E-state index is 12.5. The van der Waals surface area contributed by atoms with Crippen molar-refractivity contribution in [3.05, 3.63) is 45.9 Å². The summed E-state index contributed by atoms with van der Waals surface area (Å²) in [6, 6.07) is 4.35. The molecule has 4 rings (SSSR count). The third-order valence-corrected chi connectivity index (χ3v) is 4.74. The van der Waals surface area contributed by atoms with Gasteiger partial charge in [0.1, 0.15) is 11.4 Å². The standard InChI is InChI=1S/C17H21N5O/c1-2-13-15-16(22(21-13)12-7-3-4-8-12)19-14(20-17(15)23)10-11-6-5-9-18-11/h5-6,9,12,18,21H,2-4,7-8,10H2,1H3. The number of aromatic nitrogens is 5. The zero-order chi connectivity index (χ0) is 15.8. The van der Waals surface area contributed by atoms with Gasteiger partial charge in [0.2, 0.25) is 0 Å². The van der Waals surface area contributed by atoms with E-state index in [0.717, 1.165) is 36.5 Å². The van der Waals surface area contributed by atoms with Gasteiger partial charge in [-0.05, 0) is 31.4 Å². The first kappa shape index (κ1) is 14.2. The molecule has 3 aliphatic rings. The number of hydrogen-bond acceptors (Lipinski definition) is 3. The average molecular weight is 311 g/mol. The van der Waals surface area contributed by atoms with Crippen LogP contribution in [-0.4, -0.2) is 24.7 Å². The van der Waals surface area contributed by atoms with Gasteiger partial charge in [-0.1, -0.05) is 19.8 Å². The maximum Gasteiger partial charge on any atom is 0.284 e. The highest BCUT2D eigenvalue weighted by Gasteiger charge is 2.27. The first-order valence-electron chi connectivity index (χ1n) is 8.38. The normalized spacial score (nSPS) is 15.7. The Labute approximate surface area is 134 Å². The van der Waals surface area contributed by atoms with Crippen LogP contribution in [0, 0.1) is 0 Å². The molecular weight excluding hydrogens is 290 g/mol. The first-order valence-corrected chi connectivity index (χ1v) is 8.38. The second kappa shape index (κ2) is 5.68. The van der Waals surface area contributed by atoms with Crippen LogP contribution in [0.25, 0.3) is 11.4 Å². The molecule has 1 aliphatic carbocycles. The Morgan fingerprint density at radius 3 is 2.83 bits per heavy atom. The molecule has 3 heterocycles. The van der Waals surface area contributed by atoms with Gasteiger partial charge in [0, 0.05) is 24.0 Å². The predicted molar refractivity (Wildman–Crippen MR) is 87.7 cm³/mol. The fourth-order valence-corrected chi connectivity index (χ4v) is 3.57. The molecule has 2 aliphatic heterocycles. The molecule has 0 aromatic carbocycles. The molecule has 0 radical (unpaired) electrons. The topological polar surface area (TPSA) is 79.4 Å². The molecule has 1 fully saturated rings. The zero-order valence-corrected chi connectivity index (χ0v) is 13.3. The highest BCUT2D eigenvalue weighted by Crippen LogP contribution is 2.33. The van der Waals surface area contributed by atoms with E-state index < -0.39 is 0 Å². The number of nitrogens with zero attached hydrogens (tertiary/aromatic N) is 3. The Balaban J connectivity index is 1.82. The van der Waals surface area contributed by atoms with Crippen LogP contribution in [0.3, 0.4) is 0 Å². The third kappa shape index (κ3) is 2.48. The number of aryl methyl sites for hydroxylation is 1. The minimum Gasteiger partial charge on any atom is -0.365 e. The second-order valence-electron chi connectivity index (χ2n) is 6.27. The maximum absolute atomic E-state index is 12.5. The SMILES string of the molecule is CCc1[nH]n(C2CCCC2)c2nc(Cc3ccc[nH]3)nc(=O)c1-2. The average Bonchev–Trinajstić information content (AvgIpc) is 3.27. The van der Waals surface area contributed by atoms with E-state index in [1.54, 1.807) is 0 Å². The molecule has 0 saturated heterocycles. The lowest BCUT2D eigenvalue weighted by atomic mass is 10.1. The van der Waals surface area contributed by atoms with Crippen molar-refractivity contribution in [1.29, 1.82) is 0 Å². The Hall–Kier alpha value is -2.37. The number of hydrogen-bond donors (Lipinski definition) is 2. The van der Waals surface area contributed by atoms with E-state index in [9.17, 15) is 4.79 Å². The van der Waals surface area contributed by atoms with Crippen LogP contribution in [-0.2, 0) is 12.8 Å². The van der Waals surface area contributed by atoms with Gasteiger partial charge in [0.15, 0.2) is 5.82 Å². The van der Waals surface area contributed by atoms with E-state index in [1.165, 1.54) is 12.8 Å². The number of rotatable bonds is 4. The predicted octanol–water partition coefficient (Wildman–Crippen LogP) is 2.67. The summed E-state index contributed by atoms with van der Waals surface area (Å²) >= 11 is 0. The summed E-state index contributed by atoms with van der Waals surface area (Å²) in [6.07, 6.45) is 7.98. The lowest BCUT2D eigenvalue weighted by molar-refractivity contribution is 0.464. The van der Waals surface area contributed by atoms with E-state index >= 15 is 0 Å². The third-order valence-electron chi connectivity index (χ3n) is 4.74. The minimum absolute atomic E-state index is 0.165. The molecule has 1 aromatic rings.